The van der Waals surface area contributed by atoms with Gasteiger partial charge in [-0.25, -0.2) is 4.98 Å². The van der Waals surface area contributed by atoms with Crippen LogP contribution in [0.5, 0.6) is 5.75 Å². The SMILES string of the molecule is COc1ccc(CNC(=O)Cn2c(CCCNC(=O)c3cccc(C)c3)nc3ccccc32)cc1. The summed E-state index contributed by atoms with van der Waals surface area (Å²) in [6.45, 7) is 3.12. The van der Waals surface area contributed by atoms with Crippen LogP contribution < -0.4 is 15.4 Å². The van der Waals surface area contributed by atoms with Crippen molar-refractivity contribution in [2.24, 2.45) is 0 Å². The summed E-state index contributed by atoms with van der Waals surface area (Å²) in [6, 6.07) is 23.0. The smallest absolute Gasteiger partial charge is 0.251 e. The molecule has 180 valence electrons. The van der Waals surface area contributed by atoms with Gasteiger partial charge in [0.1, 0.15) is 18.1 Å². The average molecular weight is 471 g/mol. The van der Waals surface area contributed by atoms with E-state index in [1.54, 1.807) is 7.11 Å². The van der Waals surface area contributed by atoms with Gasteiger partial charge < -0.3 is 19.9 Å². The first-order valence-electron chi connectivity index (χ1n) is 11.7. The lowest BCUT2D eigenvalue weighted by Crippen LogP contribution is -2.28. The van der Waals surface area contributed by atoms with Crippen LogP contribution in [-0.2, 0) is 24.3 Å². The Hall–Kier alpha value is -4.13. The molecule has 2 amide bonds. The van der Waals surface area contributed by atoms with Gasteiger partial charge in [0, 0.05) is 25.1 Å². The number of aromatic nitrogens is 2. The summed E-state index contributed by atoms with van der Waals surface area (Å²) in [6.07, 6.45) is 1.36. The van der Waals surface area contributed by atoms with Gasteiger partial charge in [-0.15, -0.1) is 0 Å². The number of methoxy groups -OCH3 is 1. The van der Waals surface area contributed by atoms with Crippen molar-refractivity contribution in [1.29, 1.82) is 0 Å². The Labute approximate surface area is 205 Å². The van der Waals surface area contributed by atoms with Crippen molar-refractivity contribution in [2.45, 2.75) is 32.9 Å². The van der Waals surface area contributed by atoms with Crippen LogP contribution in [0.3, 0.4) is 0 Å². The minimum atomic E-state index is -0.0852. The zero-order valence-electron chi connectivity index (χ0n) is 20.1. The first-order chi connectivity index (χ1) is 17.0. The van der Waals surface area contributed by atoms with E-state index in [0.717, 1.165) is 33.7 Å². The number of ether oxygens (including phenoxy) is 1. The van der Waals surface area contributed by atoms with Crippen LogP contribution >= 0.6 is 0 Å². The Kier molecular flexibility index (Phi) is 7.77. The second-order valence-corrected chi connectivity index (χ2v) is 8.46. The number of para-hydroxylation sites is 2. The molecule has 1 aromatic heterocycles. The van der Waals surface area contributed by atoms with Gasteiger partial charge in [-0.1, -0.05) is 42.0 Å². The minimum Gasteiger partial charge on any atom is -0.497 e. The van der Waals surface area contributed by atoms with Crippen molar-refractivity contribution in [1.82, 2.24) is 20.2 Å². The molecule has 0 unspecified atom stereocenters. The fourth-order valence-corrected chi connectivity index (χ4v) is 3.97. The summed E-state index contributed by atoms with van der Waals surface area (Å²) in [7, 11) is 1.63. The second kappa shape index (κ2) is 11.3. The monoisotopic (exact) mass is 470 g/mol. The third-order valence-electron chi connectivity index (χ3n) is 5.83. The maximum Gasteiger partial charge on any atom is 0.251 e. The number of carbonyl (C=O) groups excluding carboxylic acids is 2. The van der Waals surface area contributed by atoms with Gasteiger partial charge >= 0.3 is 0 Å². The van der Waals surface area contributed by atoms with Gasteiger partial charge in [-0.3, -0.25) is 9.59 Å². The molecule has 0 spiro atoms. The summed E-state index contributed by atoms with van der Waals surface area (Å²) >= 11 is 0. The number of nitrogens with zero attached hydrogens (tertiary/aromatic N) is 2. The predicted octanol–water partition coefficient (Wildman–Crippen LogP) is 4.03. The zero-order chi connectivity index (χ0) is 24.6. The van der Waals surface area contributed by atoms with Crippen LogP contribution in [0, 0.1) is 6.92 Å². The molecule has 7 nitrogen and oxygen atoms in total. The van der Waals surface area contributed by atoms with Gasteiger partial charge in [-0.05, 0) is 55.3 Å². The maximum atomic E-state index is 12.8. The van der Waals surface area contributed by atoms with E-state index in [1.807, 2.05) is 84.3 Å². The molecule has 0 fully saturated rings. The fraction of sp³-hybridized carbons (Fsp3) is 0.250. The lowest BCUT2D eigenvalue weighted by Gasteiger charge is -2.11. The lowest BCUT2D eigenvalue weighted by molar-refractivity contribution is -0.121. The Morgan fingerprint density at radius 2 is 1.77 bits per heavy atom. The topological polar surface area (TPSA) is 85.2 Å². The van der Waals surface area contributed by atoms with Crippen LogP contribution in [0.15, 0.2) is 72.8 Å². The standard InChI is InChI=1S/C28H30N4O3/c1-20-7-5-8-22(17-20)28(34)29-16-6-11-26-31-24-9-3-4-10-25(24)32(26)19-27(33)30-18-21-12-14-23(35-2)15-13-21/h3-5,7-10,12-15,17H,6,11,16,18-19H2,1-2H3,(H,29,34)(H,30,33). The maximum absolute atomic E-state index is 12.8. The summed E-state index contributed by atoms with van der Waals surface area (Å²) in [4.78, 5) is 29.9. The Morgan fingerprint density at radius 3 is 2.54 bits per heavy atom. The van der Waals surface area contributed by atoms with Gasteiger partial charge in [0.15, 0.2) is 0 Å². The van der Waals surface area contributed by atoms with Crippen molar-refractivity contribution >= 4 is 22.8 Å². The lowest BCUT2D eigenvalue weighted by atomic mass is 10.1. The molecular weight excluding hydrogens is 440 g/mol. The molecule has 35 heavy (non-hydrogen) atoms. The molecule has 0 aliphatic rings. The van der Waals surface area contributed by atoms with E-state index in [9.17, 15) is 9.59 Å². The normalized spacial score (nSPS) is 10.8. The van der Waals surface area contributed by atoms with Gasteiger partial charge in [0.25, 0.3) is 5.91 Å². The molecule has 4 rings (SSSR count). The van der Waals surface area contributed by atoms with Crippen molar-refractivity contribution < 1.29 is 14.3 Å². The van der Waals surface area contributed by atoms with Crippen molar-refractivity contribution in [3.8, 4) is 5.75 Å². The number of hydrogen-bond acceptors (Lipinski definition) is 4. The Balaban J connectivity index is 1.36. The summed E-state index contributed by atoms with van der Waals surface area (Å²) in [5.74, 6) is 1.44. The van der Waals surface area contributed by atoms with Crippen LogP contribution in [0.25, 0.3) is 11.0 Å². The van der Waals surface area contributed by atoms with Gasteiger partial charge in [0.2, 0.25) is 5.91 Å². The summed E-state index contributed by atoms with van der Waals surface area (Å²) < 4.78 is 7.14. The number of rotatable bonds is 10. The molecule has 0 aliphatic carbocycles. The number of benzene rings is 3. The van der Waals surface area contributed by atoms with Crippen LogP contribution in [0.2, 0.25) is 0 Å². The van der Waals surface area contributed by atoms with E-state index < -0.39 is 0 Å². The van der Waals surface area contributed by atoms with Crippen molar-refractivity contribution in [3.05, 3.63) is 95.3 Å². The Bertz CT molecular complexity index is 1310. The number of nitrogens with one attached hydrogen (secondary N) is 2. The number of fused-ring (bicyclic) bond motifs is 1. The third-order valence-corrected chi connectivity index (χ3v) is 5.83. The van der Waals surface area contributed by atoms with Gasteiger partial charge in [-0.2, -0.15) is 0 Å². The molecule has 0 radical (unpaired) electrons. The molecular formula is C28H30N4O3. The number of aryl methyl sites for hydroxylation is 2. The molecule has 0 saturated heterocycles. The van der Waals surface area contributed by atoms with E-state index in [4.69, 9.17) is 9.72 Å². The largest absolute Gasteiger partial charge is 0.497 e. The van der Waals surface area contributed by atoms with E-state index in [-0.39, 0.29) is 18.4 Å². The molecule has 0 saturated carbocycles. The number of imidazole rings is 1. The van der Waals surface area contributed by atoms with Crippen LogP contribution in [0.1, 0.15) is 33.7 Å². The molecule has 4 aromatic rings. The van der Waals surface area contributed by atoms with E-state index >= 15 is 0 Å². The quantitative estimate of drug-likeness (QED) is 0.343. The minimum absolute atomic E-state index is 0.0832. The van der Waals surface area contributed by atoms with Crippen LogP contribution in [0.4, 0.5) is 0 Å². The molecule has 2 N–H and O–H groups in total. The third kappa shape index (κ3) is 6.26. The van der Waals surface area contributed by atoms with E-state index in [0.29, 0.717) is 31.5 Å². The first kappa shape index (κ1) is 24.0. The van der Waals surface area contributed by atoms with Crippen molar-refractivity contribution in [3.63, 3.8) is 0 Å². The van der Waals surface area contributed by atoms with Crippen LogP contribution in [-0.4, -0.2) is 35.0 Å². The molecule has 0 aliphatic heterocycles. The number of carbonyl (C=O) groups is 2. The second-order valence-electron chi connectivity index (χ2n) is 8.46. The highest BCUT2D eigenvalue weighted by Crippen LogP contribution is 2.17. The zero-order valence-corrected chi connectivity index (χ0v) is 20.1. The fourth-order valence-electron chi connectivity index (χ4n) is 3.97. The average Bonchev–Trinajstić information content (AvgIpc) is 3.22. The molecule has 3 aromatic carbocycles. The predicted molar refractivity (Wildman–Crippen MR) is 136 cm³/mol. The first-order valence-corrected chi connectivity index (χ1v) is 11.7. The molecule has 1 heterocycles. The highest BCUT2D eigenvalue weighted by molar-refractivity contribution is 5.94. The summed E-state index contributed by atoms with van der Waals surface area (Å²) in [5.41, 5.74) is 4.49. The van der Waals surface area contributed by atoms with Crippen molar-refractivity contribution in [2.75, 3.05) is 13.7 Å². The highest BCUT2D eigenvalue weighted by Gasteiger charge is 2.14. The number of hydrogen-bond donors (Lipinski definition) is 2. The highest BCUT2D eigenvalue weighted by atomic mass is 16.5. The molecule has 0 bridgehead atoms. The molecule has 0 atom stereocenters. The van der Waals surface area contributed by atoms with E-state index in [1.165, 1.54) is 0 Å². The van der Waals surface area contributed by atoms with E-state index in [2.05, 4.69) is 10.6 Å². The molecule has 7 heteroatoms. The van der Waals surface area contributed by atoms with Gasteiger partial charge in [0.05, 0.1) is 18.1 Å². The number of amides is 2. The Morgan fingerprint density at radius 1 is 0.971 bits per heavy atom. The summed E-state index contributed by atoms with van der Waals surface area (Å²) in [5, 5.41) is 5.96.